The molecule has 7 heteroatoms. The Morgan fingerprint density at radius 1 is 1.14 bits per heavy atom. The van der Waals surface area contributed by atoms with Gasteiger partial charge < -0.3 is 5.32 Å². The number of sulfonamides is 1. The predicted octanol–water partition coefficient (Wildman–Crippen LogP) is 3.07. The third-order valence-corrected chi connectivity index (χ3v) is 5.82. The summed E-state index contributed by atoms with van der Waals surface area (Å²) in [6.45, 7) is 3.35. The molecule has 112 valence electrons. The van der Waals surface area contributed by atoms with Crippen molar-refractivity contribution in [1.29, 1.82) is 0 Å². The summed E-state index contributed by atoms with van der Waals surface area (Å²) in [4.78, 5) is 12.2. The van der Waals surface area contributed by atoms with Gasteiger partial charge in [-0.1, -0.05) is 19.1 Å². The summed E-state index contributed by atoms with van der Waals surface area (Å²) in [5.74, 6) is -0.258. The fraction of sp³-hybridized carbons (Fsp3) is 0.214. The highest BCUT2D eigenvalue weighted by Gasteiger charge is 2.18. The topological polar surface area (TPSA) is 75.3 Å². The quantitative estimate of drug-likeness (QED) is 0.887. The molecule has 5 nitrogen and oxygen atoms in total. The van der Waals surface area contributed by atoms with E-state index in [2.05, 4.69) is 10.0 Å². The van der Waals surface area contributed by atoms with E-state index in [1.165, 1.54) is 18.3 Å². The van der Waals surface area contributed by atoms with Crippen LogP contribution in [0.25, 0.3) is 0 Å². The SMILES string of the molecule is CCc1ccc(S(=O)(=O)Nc2ccccc2NC(C)=O)s1. The van der Waals surface area contributed by atoms with Crippen molar-refractivity contribution in [3.63, 3.8) is 0 Å². The number of rotatable bonds is 5. The van der Waals surface area contributed by atoms with Gasteiger partial charge in [-0.2, -0.15) is 0 Å². The minimum atomic E-state index is -3.64. The number of para-hydroxylation sites is 2. The second-order valence-electron chi connectivity index (χ2n) is 4.41. The second kappa shape index (κ2) is 6.28. The van der Waals surface area contributed by atoms with E-state index in [4.69, 9.17) is 0 Å². The van der Waals surface area contributed by atoms with Gasteiger partial charge in [0.1, 0.15) is 4.21 Å². The van der Waals surface area contributed by atoms with Gasteiger partial charge in [0.05, 0.1) is 11.4 Å². The molecule has 0 bridgehead atoms. The van der Waals surface area contributed by atoms with Crippen LogP contribution in [0.5, 0.6) is 0 Å². The van der Waals surface area contributed by atoms with E-state index in [0.717, 1.165) is 11.3 Å². The maximum absolute atomic E-state index is 12.4. The van der Waals surface area contributed by atoms with Crippen LogP contribution < -0.4 is 10.0 Å². The molecular formula is C14H16N2O3S2. The second-order valence-corrected chi connectivity index (χ2v) is 7.48. The van der Waals surface area contributed by atoms with Crippen LogP contribution in [0.4, 0.5) is 11.4 Å². The number of hydrogen-bond donors (Lipinski definition) is 2. The van der Waals surface area contributed by atoms with Crippen LogP contribution in [0, 0.1) is 0 Å². The van der Waals surface area contributed by atoms with Gasteiger partial charge in [-0.05, 0) is 30.7 Å². The Bertz CT molecular complexity index is 751. The van der Waals surface area contributed by atoms with Gasteiger partial charge in [-0.3, -0.25) is 9.52 Å². The maximum atomic E-state index is 12.4. The Balaban J connectivity index is 2.30. The fourth-order valence-electron chi connectivity index (χ4n) is 1.76. The minimum Gasteiger partial charge on any atom is -0.325 e. The average molecular weight is 324 g/mol. The van der Waals surface area contributed by atoms with Gasteiger partial charge in [0.15, 0.2) is 0 Å². The van der Waals surface area contributed by atoms with Crippen LogP contribution in [0.2, 0.25) is 0 Å². The minimum absolute atomic E-state index is 0.258. The lowest BCUT2D eigenvalue weighted by atomic mass is 10.3. The van der Waals surface area contributed by atoms with Crippen LogP contribution in [0.1, 0.15) is 18.7 Å². The first-order valence-electron chi connectivity index (χ1n) is 6.40. The highest BCUT2D eigenvalue weighted by Crippen LogP contribution is 2.27. The predicted molar refractivity (Wildman–Crippen MR) is 85.3 cm³/mol. The van der Waals surface area contributed by atoms with Gasteiger partial charge in [0, 0.05) is 11.8 Å². The smallest absolute Gasteiger partial charge is 0.271 e. The Labute approximate surface area is 128 Å². The maximum Gasteiger partial charge on any atom is 0.271 e. The summed E-state index contributed by atoms with van der Waals surface area (Å²) in [7, 11) is -3.64. The van der Waals surface area contributed by atoms with Crippen molar-refractivity contribution in [1.82, 2.24) is 0 Å². The summed E-state index contributed by atoms with van der Waals surface area (Å²) in [6.07, 6.45) is 0.794. The lowest BCUT2D eigenvalue weighted by Crippen LogP contribution is -2.14. The van der Waals surface area contributed by atoms with Gasteiger partial charge in [-0.25, -0.2) is 8.42 Å². The van der Waals surface area contributed by atoms with E-state index in [0.29, 0.717) is 11.4 Å². The van der Waals surface area contributed by atoms with Gasteiger partial charge in [-0.15, -0.1) is 11.3 Å². The van der Waals surface area contributed by atoms with Crippen molar-refractivity contribution in [3.8, 4) is 0 Å². The number of thiophene rings is 1. The Hall–Kier alpha value is -1.86. The zero-order valence-corrected chi connectivity index (χ0v) is 13.3. The molecule has 0 aliphatic rings. The molecule has 0 aliphatic carbocycles. The van der Waals surface area contributed by atoms with Crippen molar-refractivity contribution in [2.75, 3.05) is 10.0 Å². The Kier molecular flexibility index (Phi) is 4.64. The first kappa shape index (κ1) is 15.5. The molecule has 0 spiro atoms. The molecular weight excluding hydrogens is 308 g/mol. The van der Waals surface area contributed by atoms with Gasteiger partial charge in [0.25, 0.3) is 10.0 Å². The molecule has 0 fully saturated rings. The zero-order valence-electron chi connectivity index (χ0n) is 11.7. The summed E-state index contributed by atoms with van der Waals surface area (Å²) < 4.78 is 27.5. The number of aryl methyl sites for hydroxylation is 1. The van der Waals surface area contributed by atoms with Crippen LogP contribution in [-0.2, 0) is 21.2 Å². The molecule has 1 aromatic carbocycles. The van der Waals surface area contributed by atoms with Crippen molar-refractivity contribution in [2.24, 2.45) is 0 Å². The van der Waals surface area contributed by atoms with Crippen LogP contribution in [0.15, 0.2) is 40.6 Å². The first-order chi connectivity index (χ1) is 9.92. The molecule has 0 unspecified atom stereocenters. The first-order valence-corrected chi connectivity index (χ1v) is 8.70. The standard InChI is InChI=1S/C14H16N2O3S2/c1-3-11-8-9-14(20-11)21(18,19)16-13-7-5-4-6-12(13)15-10(2)17/h4-9,16H,3H2,1-2H3,(H,15,17). The van der Waals surface area contributed by atoms with Crippen LogP contribution >= 0.6 is 11.3 Å². The van der Waals surface area contributed by atoms with Crippen LogP contribution in [-0.4, -0.2) is 14.3 Å². The Morgan fingerprint density at radius 2 is 1.81 bits per heavy atom. The molecule has 1 amide bonds. The number of anilines is 2. The Morgan fingerprint density at radius 3 is 2.38 bits per heavy atom. The highest BCUT2D eigenvalue weighted by atomic mass is 32.2. The number of nitrogens with one attached hydrogen (secondary N) is 2. The molecule has 2 aromatic rings. The van der Waals surface area contributed by atoms with E-state index in [1.807, 2.05) is 6.92 Å². The van der Waals surface area contributed by atoms with E-state index in [9.17, 15) is 13.2 Å². The number of carbonyl (C=O) groups excluding carboxylic acids is 1. The van der Waals surface area contributed by atoms with E-state index >= 15 is 0 Å². The van der Waals surface area contributed by atoms with Gasteiger partial charge >= 0.3 is 0 Å². The summed E-state index contributed by atoms with van der Waals surface area (Å²) in [5.41, 5.74) is 0.778. The monoisotopic (exact) mass is 324 g/mol. The van der Waals surface area contributed by atoms with Crippen molar-refractivity contribution in [2.45, 2.75) is 24.5 Å². The van der Waals surface area contributed by atoms with Gasteiger partial charge in [0.2, 0.25) is 5.91 Å². The van der Waals surface area contributed by atoms with E-state index in [1.54, 1.807) is 36.4 Å². The molecule has 21 heavy (non-hydrogen) atoms. The molecule has 0 atom stereocenters. The zero-order chi connectivity index (χ0) is 15.5. The molecule has 0 saturated carbocycles. The van der Waals surface area contributed by atoms with Crippen molar-refractivity contribution in [3.05, 3.63) is 41.3 Å². The van der Waals surface area contributed by atoms with Crippen molar-refractivity contribution >= 4 is 38.6 Å². The summed E-state index contributed by atoms with van der Waals surface area (Å²) in [5, 5.41) is 2.60. The molecule has 1 aromatic heterocycles. The number of carbonyl (C=O) groups is 1. The molecule has 2 N–H and O–H groups in total. The molecule has 0 radical (unpaired) electrons. The lowest BCUT2D eigenvalue weighted by molar-refractivity contribution is -0.114. The van der Waals surface area contributed by atoms with Crippen LogP contribution in [0.3, 0.4) is 0 Å². The number of amides is 1. The van der Waals surface area contributed by atoms with Crippen molar-refractivity contribution < 1.29 is 13.2 Å². The molecule has 1 heterocycles. The third kappa shape index (κ3) is 3.83. The number of hydrogen-bond acceptors (Lipinski definition) is 4. The molecule has 0 saturated heterocycles. The fourth-order valence-corrected chi connectivity index (χ4v) is 4.13. The third-order valence-electron chi connectivity index (χ3n) is 2.73. The van der Waals surface area contributed by atoms with E-state index < -0.39 is 10.0 Å². The lowest BCUT2D eigenvalue weighted by Gasteiger charge is -2.11. The largest absolute Gasteiger partial charge is 0.325 e. The summed E-state index contributed by atoms with van der Waals surface area (Å²) >= 11 is 1.24. The highest BCUT2D eigenvalue weighted by molar-refractivity contribution is 7.94. The van der Waals surface area contributed by atoms with E-state index in [-0.39, 0.29) is 10.1 Å². The number of benzene rings is 1. The normalized spacial score (nSPS) is 11.1. The average Bonchev–Trinajstić information content (AvgIpc) is 2.90. The molecule has 2 rings (SSSR count). The summed E-state index contributed by atoms with van der Waals surface area (Å²) in [6, 6.07) is 10.1. The molecule has 0 aliphatic heterocycles.